The van der Waals surface area contributed by atoms with Crippen LogP contribution in [0.1, 0.15) is 15.9 Å². The van der Waals surface area contributed by atoms with E-state index in [1.165, 1.54) is 6.21 Å². The van der Waals surface area contributed by atoms with Gasteiger partial charge in [-0.2, -0.15) is 5.10 Å². The van der Waals surface area contributed by atoms with Crippen molar-refractivity contribution in [3.63, 3.8) is 0 Å². The molecule has 0 heterocycles. The molecule has 0 aromatic heterocycles. The van der Waals surface area contributed by atoms with Crippen LogP contribution in [-0.4, -0.2) is 24.6 Å². The Morgan fingerprint density at radius 2 is 1.89 bits per heavy atom. The summed E-state index contributed by atoms with van der Waals surface area (Å²) in [7, 11) is 0. The van der Waals surface area contributed by atoms with Crippen molar-refractivity contribution in [1.82, 2.24) is 5.43 Å². The molecule has 7 heteroatoms. The quantitative estimate of drug-likeness (QED) is 0.507. The molecule has 3 N–H and O–H groups in total. The highest BCUT2D eigenvalue weighted by molar-refractivity contribution is 6.32. The Kier molecular flexibility index (Phi) is 5.68. The van der Waals surface area contributed by atoms with Crippen molar-refractivity contribution in [3.8, 4) is 5.75 Å². The molecule has 0 aliphatic rings. The summed E-state index contributed by atoms with van der Waals surface area (Å²) in [5.74, 6) is -0.559. The highest BCUT2D eigenvalue weighted by Crippen LogP contribution is 2.24. The first kappa shape index (κ1) is 18.4. The van der Waals surface area contributed by atoms with Gasteiger partial charge in [-0.3, -0.25) is 9.59 Å². The van der Waals surface area contributed by atoms with Crippen LogP contribution in [0.25, 0.3) is 10.8 Å². The number of hydrogen-bond acceptors (Lipinski definition) is 4. The van der Waals surface area contributed by atoms with Crippen LogP contribution in [0.4, 0.5) is 0 Å². The van der Waals surface area contributed by atoms with Gasteiger partial charge in [-0.1, -0.05) is 48.0 Å². The van der Waals surface area contributed by atoms with Crippen LogP contribution in [0.2, 0.25) is 5.02 Å². The molecule has 6 nitrogen and oxygen atoms in total. The summed E-state index contributed by atoms with van der Waals surface area (Å²) in [6.45, 7) is -0.256. The molecule has 0 atom stereocenters. The summed E-state index contributed by atoms with van der Waals surface area (Å²) in [5.41, 5.74) is 8.73. The average molecular weight is 382 g/mol. The van der Waals surface area contributed by atoms with Gasteiger partial charge in [0.05, 0.1) is 11.2 Å². The zero-order valence-electron chi connectivity index (χ0n) is 14.2. The van der Waals surface area contributed by atoms with Crippen LogP contribution in [0, 0.1) is 0 Å². The highest BCUT2D eigenvalue weighted by Gasteiger charge is 2.08. The maximum Gasteiger partial charge on any atom is 0.271 e. The van der Waals surface area contributed by atoms with Crippen molar-refractivity contribution in [2.75, 3.05) is 6.61 Å². The summed E-state index contributed by atoms with van der Waals surface area (Å²) in [6, 6.07) is 18.0. The van der Waals surface area contributed by atoms with Gasteiger partial charge >= 0.3 is 0 Å². The van der Waals surface area contributed by atoms with Gasteiger partial charge in [0.15, 0.2) is 6.61 Å². The van der Waals surface area contributed by atoms with Crippen molar-refractivity contribution in [2.45, 2.75) is 0 Å². The first-order chi connectivity index (χ1) is 13.0. The third kappa shape index (κ3) is 4.62. The summed E-state index contributed by atoms with van der Waals surface area (Å²) in [5, 5.41) is 6.11. The Morgan fingerprint density at radius 3 is 2.67 bits per heavy atom. The zero-order valence-corrected chi connectivity index (χ0v) is 14.9. The lowest BCUT2D eigenvalue weighted by molar-refractivity contribution is -0.119. The minimum Gasteiger partial charge on any atom is -0.482 e. The number of amides is 2. The van der Waals surface area contributed by atoms with Gasteiger partial charge in [0.25, 0.3) is 11.8 Å². The Labute approximate surface area is 160 Å². The van der Waals surface area contributed by atoms with E-state index in [0.29, 0.717) is 21.9 Å². The first-order valence-electron chi connectivity index (χ1n) is 8.06. The molecule has 0 unspecified atom stereocenters. The van der Waals surface area contributed by atoms with Gasteiger partial charge in [-0.25, -0.2) is 5.43 Å². The minimum absolute atomic E-state index is 0.256. The van der Waals surface area contributed by atoms with E-state index in [4.69, 9.17) is 22.1 Å². The minimum atomic E-state index is -0.590. The maximum absolute atomic E-state index is 12.4. The van der Waals surface area contributed by atoms with E-state index in [2.05, 4.69) is 10.5 Å². The highest BCUT2D eigenvalue weighted by atomic mass is 35.5. The molecular weight excluding hydrogens is 366 g/mol. The number of hydrogen-bond donors (Lipinski definition) is 2. The van der Waals surface area contributed by atoms with Gasteiger partial charge in [0.2, 0.25) is 0 Å². The van der Waals surface area contributed by atoms with Crippen LogP contribution in [0.3, 0.4) is 0 Å². The standard InChI is InChI=1S/C20H16ClN3O3/c21-17-10-13(8-9-18(17)27-12-19(22)25)11-23-24-20(26)16-7-3-5-14-4-1-2-6-15(14)16/h1-11H,12H2,(H2,22,25)(H,24,26). The lowest BCUT2D eigenvalue weighted by Crippen LogP contribution is -2.20. The molecule has 27 heavy (non-hydrogen) atoms. The molecule has 0 aliphatic carbocycles. The van der Waals surface area contributed by atoms with Gasteiger partial charge in [0, 0.05) is 5.56 Å². The first-order valence-corrected chi connectivity index (χ1v) is 8.44. The number of carbonyl (C=O) groups excluding carboxylic acids is 2. The fraction of sp³-hybridized carbons (Fsp3) is 0.0500. The summed E-state index contributed by atoms with van der Waals surface area (Å²) >= 11 is 6.09. The Balaban J connectivity index is 1.69. The Hall–Kier alpha value is -3.38. The predicted octanol–water partition coefficient (Wildman–Crippen LogP) is 3.12. The predicted molar refractivity (Wildman–Crippen MR) is 105 cm³/mol. The van der Waals surface area contributed by atoms with Crippen LogP contribution in [0.5, 0.6) is 5.75 Å². The lowest BCUT2D eigenvalue weighted by Gasteiger charge is -2.06. The second-order valence-corrected chi connectivity index (χ2v) is 6.08. The van der Waals surface area contributed by atoms with E-state index >= 15 is 0 Å². The molecule has 3 rings (SSSR count). The van der Waals surface area contributed by atoms with Crippen LogP contribution >= 0.6 is 11.6 Å². The SMILES string of the molecule is NC(=O)COc1ccc(C=NNC(=O)c2cccc3ccccc23)cc1Cl. The third-order valence-electron chi connectivity index (χ3n) is 3.74. The van der Waals surface area contributed by atoms with E-state index in [-0.39, 0.29) is 12.5 Å². The molecule has 0 aliphatic heterocycles. The Bertz CT molecular complexity index is 1030. The van der Waals surface area contributed by atoms with E-state index in [0.717, 1.165) is 10.8 Å². The number of benzene rings is 3. The molecular formula is C20H16ClN3O3. The van der Waals surface area contributed by atoms with Crippen LogP contribution < -0.4 is 15.9 Å². The summed E-state index contributed by atoms with van der Waals surface area (Å²) < 4.78 is 5.17. The van der Waals surface area contributed by atoms with Crippen molar-refractivity contribution in [2.24, 2.45) is 10.8 Å². The maximum atomic E-state index is 12.4. The molecule has 0 bridgehead atoms. The number of primary amides is 1. The fourth-order valence-electron chi connectivity index (χ4n) is 2.51. The number of hydrazone groups is 1. The van der Waals surface area contributed by atoms with E-state index in [1.807, 2.05) is 36.4 Å². The fourth-order valence-corrected chi connectivity index (χ4v) is 2.76. The number of nitrogens with two attached hydrogens (primary N) is 1. The number of halogens is 1. The number of carbonyl (C=O) groups is 2. The Morgan fingerprint density at radius 1 is 1.11 bits per heavy atom. The molecule has 0 radical (unpaired) electrons. The van der Waals surface area contributed by atoms with Gasteiger partial charge in [0.1, 0.15) is 5.75 Å². The van der Waals surface area contributed by atoms with Crippen molar-refractivity contribution in [3.05, 3.63) is 76.8 Å². The molecule has 0 saturated carbocycles. The topological polar surface area (TPSA) is 93.8 Å². The van der Waals surface area contributed by atoms with Gasteiger partial charge in [-0.15, -0.1) is 0 Å². The molecule has 0 saturated heterocycles. The summed E-state index contributed by atoms with van der Waals surface area (Å²) in [6.07, 6.45) is 1.47. The molecule has 3 aromatic rings. The molecule has 136 valence electrons. The molecule has 2 amide bonds. The number of ether oxygens (including phenoxy) is 1. The van der Waals surface area contributed by atoms with Gasteiger partial charge < -0.3 is 10.5 Å². The van der Waals surface area contributed by atoms with E-state index in [1.54, 1.807) is 24.3 Å². The van der Waals surface area contributed by atoms with E-state index < -0.39 is 5.91 Å². The van der Waals surface area contributed by atoms with Crippen LogP contribution in [-0.2, 0) is 4.79 Å². The van der Waals surface area contributed by atoms with Crippen molar-refractivity contribution >= 4 is 40.4 Å². The van der Waals surface area contributed by atoms with Crippen molar-refractivity contribution < 1.29 is 14.3 Å². The second-order valence-electron chi connectivity index (χ2n) is 5.67. The lowest BCUT2D eigenvalue weighted by atomic mass is 10.0. The molecule has 3 aromatic carbocycles. The van der Waals surface area contributed by atoms with Crippen molar-refractivity contribution in [1.29, 1.82) is 0 Å². The monoisotopic (exact) mass is 381 g/mol. The van der Waals surface area contributed by atoms with Crippen LogP contribution in [0.15, 0.2) is 65.8 Å². The van der Waals surface area contributed by atoms with Gasteiger partial charge in [-0.05, 0) is 40.6 Å². The summed E-state index contributed by atoms with van der Waals surface area (Å²) in [4.78, 5) is 23.2. The average Bonchev–Trinajstić information content (AvgIpc) is 2.66. The normalized spacial score (nSPS) is 10.9. The zero-order chi connectivity index (χ0) is 19.2. The smallest absolute Gasteiger partial charge is 0.271 e. The van der Waals surface area contributed by atoms with E-state index in [9.17, 15) is 9.59 Å². The largest absolute Gasteiger partial charge is 0.482 e. The second kappa shape index (κ2) is 8.33. The molecule has 0 spiro atoms. The third-order valence-corrected chi connectivity index (χ3v) is 4.04. The number of nitrogens with zero attached hydrogens (tertiary/aromatic N) is 1. The molecule has 0 fully saturated rings. The number of nitrogens with one attached hydrogen (secondary N) is 1. The number of rotatable bonds is 6. The number of fused-ring (bicyclic) bond motifs is 1.